The van der Waals surface area contributed by atoms with E-state index in [1.165, 1.54) is 15.4 Å². The smallest absolute Gasteiger partial charge is 0.221 e. The minimum atomic E-state index is -0.753. The molecule has 4 rings (SSSR count). The van der Waals surface area contributed by atoms with Gasteiger partial charge in [0.15, 0.2) is 5.78 Å². The van der Waals surface area contributed by atoms with Crippen LogP contribution in [0.2, 0.25) is 0 Å². The van der Waals surface area contributed by atoms with Gasteiger partial charge in [-0.05, 0) is 34.8 Å². The first-order valence-corrected chi connectivity index (χ1v) is 7.18. The Hall–Kier alpha value is -2.10. The lowest BCUT2D eigenvalue weighted by molar-refractivity contribution is -0.156. The maximum atomic E-state index is 11.9. The average molecular weight is 320 g/mol. The summed E-state index contributed by atoms with van der Waals surface area (Å²) in [5.74, 6) is -0.00952. The summed E-state index contributed by atoms with van der Waals surface area (Å²) in [6.45, 7) is 0.335. The molecular weight excluding hydrogens is 308 g/mol. The number of aromatic nitrogens is 4. The van der Waals surface area contributed by atoms with E-state index in [1.807, 2.05) is 0 Å². The summed E-state index contributed by atoms with van der Waals surface area (Å²) in [6.07, 6.45) is -0.761. The Kier molecular flexibility index (Phi) is 3.06. The molecule has 114 valence electrons. The summed E-state index contributed by atoms with van der Waals surface area (Å²) in [5, 5.41) is 17.6. The molecule has 1 aromatic heterocycles. The fraction of sp³-hybridized carbons (Fsp3) is 0.385. The number of phenols is 1. The van der Waals surface area contributed by atoms with Gasteiger partial charge in [-0.25, -0.2) is 4.68 Å². The highest BCUT2D eigenvalue weighted by molar-refractivity contribution is 7.71. The number of benzene rings is 1. The quantitative estimate of drug-likeness (QED) is 0.817. The number of phenolic OH excluding ortho intramolecular Hbond substituents is 1. The van der Waals surface area contributed by atoms with Gasteiger partial charge in [-0.15, -0.1) is 0 Å². The summed E-state index contributed by atoms with van der Waals surface area (Å²) < 4.78 is 14.1. The van der Waals surface area contributed by atoms with E-state index in [9.17, 15) is 9.90 Å². The topological polar surface area (TPSA) is 91.4 Å². The highest BCUT2D eigenvalue weighted by Crippen LogP contribution is 2.32. The third kappa shape index (κ3) is 2.05. The molecule has 9 heteroatoms. The van der Waals surface area contributed by atoms with Crippen molar-refractivity contribution in [1.82, 2.24) is 19.8 Å². The molecule has 0 radical (unpaired) electrons. The lowest BCUT2D eigenvalue weighted by Gasteiger charge is -2.25. The molecule has 2 fully saturated rings. The number of aromatic hydroxyl groups is 1. The van der Waals surface area contributed by atoms with Crippen molar-refractivity contribution in [2.75, 3.05) is 6.61 Å². The Balaban J connectivity index is 1.73. The van der Waals surface area contributed by atoms with Gasteiger partial charge in [-0.3, -0.25) is 4.79 Å². The van der Waals surface area contributed by atoms with Gasteiger partial charge in [0.05, 0.1) is 18.3 Å². The second-order valence-electron chi connectivity index (χ2n) is 5.22. The second-order valence-corrected chi connectivity index (χ2v) is 5.58. The molecule has 2 bridgehead atoms. The maximum Gasteiger partial charge on any atom is 0.221 e. The van der Waals surface area contributed by atoms with Crippen LogP contribution in [-0.2, 0) is 14.3 Å². The summed E-state index contributed by atoms with van der Waals surface area (Å²) in [7, 11) is 0. The molecule has 22 heavy (non-hydrogen) atoms. The number of rotatable bonds is 2. The zero-order valence-corrected chi connectivity index (χ0v) is 12.1. The van der Waals surface area contributed by atoms with E-state index < -0.39 is 6.29 Å². The number of hydrogen-bond acceptors (Lipinski definition) is 7. The van der Waals surface area contributed by atoms with Crippen molar-refractivity contribution in [2.45, 2.75) is 24.9 Å². The van der Waals surface area contributed by atoms with Gasteiger partial charge in [0.2, 0.25) is 11.1 Å². The van der Waals surface area contributed by atoms with E-state index in [2.05, 4.69) is 10.4 Å². The standard InChI is InChI=1S/C13H12N4O4S/c18-8-3-1-2-7(4-8)16-13(22)17(15-14-16)9-5-10(19)12-20-6-11(9)21-12/h1-4,9,11-12,18H,5-6H2/t9-,11+,12+/m0/s1. The van der Waals surface area contributed by atoms with Gasteiger partial charge in [-0.2, -0.15) is 4.68 Å². The first-order chi connectivity index (χ1) is 10.6. The summed E-state index contributed by atoms with van der Waals surface area (Å²) in [4.78, 5) is 11.9. The zero-order valence-electron chi connectivity index (χ0n) is 11.3. The number of nitrogens with zero attached hydrogens (tertiary/aromatic N) is 4. The van der Waals surface area contributed by atoms with Gasteiger partial charge in [0.25, 0.3) is 0 Å². The molecule has 0 spiro atoms. The lowest BCUT2D eigenvalue weighted by atomic mass is 10.0. The van der Waals surface area contributed by atoms with Crippen LogP contribution < -0.4 is 0 Å². The maximum absolute atomic E-state index is 11.9. The molecule has 2 aromatic rings. The first-order valence-electron chi connectivity index (χ1n) is 6.77. The first kappa shape index (κ1) is 13.6. The lowest BCUT2D eigenvalue weighted by Crippen LogP contribution is -2.37. The molecule has 2 aliphatic rings. The van der Waals surface area contributed by atoms with Gasteiger partial charge in [-0.1, -0.05) is 6.07 Å². The average Bonchev–Trinajstić information content (AvgIpc) is 3.09. The molecule has 3 atom stereocenters. The predicted octanol–water partition coefficient (Wildman–Crippen LogP) is 0.759. The molecular formula is C13H12N4O4S. The molecule has 0 aliphatic carbocycles. The summed E-state index contributed by atoms with van der Waals surface area (Å²) in [5.41, 5.74) is 0.597. The minimum absolute atomic E-state index is 0.108. The molecule has 2 aliphatic heterocycles. The Morgan fingerprint density at radius 3 is 3.05 bits per heavy atom. The van der Waals surface area contributed by atoms with E-state index in [0.29, 0.717) is 17.1 Å². The summed E-state index contributed by atoms with van der Waals surface area (Å²) in [6, 6.07) is 6.21. The molecule has 0 amide bonds. The third-order valence-corrected chi connectivity index (χ3v) is 4.16. The molecule has 3 heterocycles. The van der Waals surface area contributed by atoms with E-state index in [4.69, 9.17) is 21.7 Å². The summed E-state index contributed by atoms with van der Waals surface area (Å²) >= 11 is 5.40. The number of ether oxygens (including phenoxy) is 2. The van der Waals surface area contributed by atoms with Crippen molar-refractivity contribution in [3.8, 4) is 11.4 Å². The number of tetrazole rings is 1. The van der Waals surface area contributed by atoms with Crippen LogP contribution in [0.3, 0.4) is 0 Å². The largest absolute Gasteiger partial charge is 0.508 e. The van der Waals surface area contributed by atoms with Crippen molar-refractivity contribution in [3.05, 3.63) is 29.0 Å². The minimum Gasteiger partial charge on any atom is -0.508 e. The van der Waals surface area contributed by atoms with E-state index >= 15 is 0 Å². The highest BCUT2D eigenvalue weighted by atomic mass is 32.1. The number of fused-ring (bicyclic) bond motifs is 2. The van der Waals surface area contributed by atoms with E-state index in [0.717, 1.165) is 0 Å². The fourth-order valence-corrected chi connectivity index (χ4v) is 3.03. The van der Waals surface area contributed by atoms with Crippen molar-refractivity contribution < 1.29 is 19.4 Å². The van der Waals surface area contributed by atoms with Crippen molar-refractivity contribution in [2.24, 2.45) is 0 Å². The van der Waals surface area contributed by atoms with Gasteiger partial charge < -0.3 is 14.6 Å². The molecule has 0 unspecified atom stereocenters. The molecule has 2 saturated heterocycles. The van der Waals surface area contributed by atoms with E-state index in [-0.39, 0.29) is 30.1 Å². The third-order valence-electron chi connectivity index (χ3n) is 3.80. The zero-order chi connectivity index (χ0) is 15.3. The van der Waals surface area contributed by atoms with Crippen molar-refractivity contribution in [3.63, 3.8) is 0 Å². The highest BCUT2D eigenvalue weighted by Gasteiger charge is 2.45. The second kappa shape index (κ2) is 4.97. The Morgan fingerprint density at radius 2 is 2.23 bits per heavy atom. The van der Waals surface area contributed by atoms with Crippen LogP contribution >= 0.6 is 12.2 Å². The predicted molar refractivity (Wildman–Crippen MR) is 75.1 cm³/mol. The van der Waals surface area contributed by atoms with Crippen LogP contribution in [0.5, 0.6) is 5.75 Å². The van der Waals surface area contributed by atoms with Crippen molar-refractivity contribution in [1.29, 1.82) is 0 Å². The van der Waals surface area contributed by atoms with Gasteiger partial charge in [0.1, 0.15) is 11.9 Å². The fourth-order valence-electron chi connectivity index (χ4n) is 2.72. The van der Waals surface area contributed by atoms with Gasteiger partial charge in [0, 0.05) is 12.5 Å². The van der Waals surface area contributed by atoms with Crippen LogP contribution in [-0.4, -0.2) is 49.7 Å². The van der Waals surface area contributed by atoms with Crippen molar-refractivity contribution >= 4 is 18.0 Å². The number of Topliss-reactive ketones (excluding diaryl/α,β-unsaturated/α-hetero) is 1. The van der Waals surface area contributed by atoms with E-state index in [1.54, 1.807) is 18.2 Å². The molecule has 1 aromatic carbocycles. The SMILES string of the molecule is O=C1C[C@H](n2nnn(-c3cccc(O)c3)c2=S)[C@H]2CO[C@@H]1O2. The van der Waals surface area contributed by atoms with Crippen LogP contribution in [0.1, 0.15) is 12.5 Å². The number of hydrogen-bond donors (Lipinski definition) is 1. The molecule has 8 nitrogen and oxygen atoms in total. The Bertz CT molecular complexity index is 801. The number of carbonyl (C=O) groups is 1. The van der Waals surface area contributed by atoms with Gasteiger partial charge >= 0.3 is 0 Å². The van der Waals surface area contributed by atoms with Crippen LogP contribution in [0.15, 0.2) is 24.3 Å². The molecule has 1 N–H and O–H groups in total. The monoisotopic (exact) mass is 320 g/mol. The van der Waals surface area contributed by atoms with Crippen LogP contribution in [0, 0.1) is 4.77 Å². The Labute approximate surface area is 129 Å². The number of ketones is 1. The van der Waals surface area contributed by atoms with Crippen LogP contribution in [0.25, 0.3) is 5.69 Å². The van der Waals surface area contributed by atoms with Crippen LogP contribution in [0.4, 0.5) is 0 Å². The number of carbonyl (C=O) groups excluding carboxylic acids is 1. The molecule has 0 saturated carbocycles. The normalized spacial score (nSPS) is 27.3. The Morgan fingerprint density at radius 1 is 1.36 bits per heavy atom.